The summed E-state index contributed by atoms with van der Waals surface area (Å²) in [7, 11) is 6.45. The number of carbonyl (C=O) groups excluding carboxylic acids is 2. The van der Waals surface area contributed by atoms with Crippen LogP contribution in [0.3, 0.4) is 0 Å². The lowest BCUT2D eigenvalue weighted by atomic mass is 9.48. The summed E-state index contributed by atoms with van der Waals surface area (Å²) < 4.78 is 17.8. The Balaban J connectivity index is 1.26. The van der Waals surface area contributed by atoms with Gasteiger partial charge in [0.2, 0.25) is 0 Å². The number of piperidine rings is 1. The summed E-state index contributed by atoms with van der Waals surface area (Å²) in [6.45, 7) is 7.20. The highest BCUT2D eigenvalue weighted by molar-refractivity contribution is 6.21. The van der Waals surface area contributed by atoms with Crippen LogP contribution >= 0.6 is 0 Å². The van der Waals surface area contributed by atoms with Gasteiger partial charge in [-0.3, -0.25) is 19.6 Å². The third-order valence-corrected chi connectivity index (χ3v) is 16.3. The summed E-state index contributed by atoms with van der Waals surface area (Å²) in [5.41, 5.74) is -0.347. The minimum atomic E-state index is -1.81. The van der Waals surface area contributed by atoms with E-state index >= 15 is 4.79 Å². The number of hydrogen-bond acceptors (Lipinski definition) is 11. The van der Waals surface area contributed by atoms with Crippen LogP contribution in [0.4, 0.5) is 11.4 Å². The van der Waals surface area contributed by atoms with Crippen molar-refractivity contribution in [2.24, 2.45) is 16.3 Å². The minimum absolute atomic E-state index is 0.000372. The SMILES string of the molecule is CC[C@]1(O)C[C@H]2C[C@](C(=O)OC)(c3cc4c(cc3OC)N(C)[C@@H]3[C@]45CCN4CC=C[C@@](CC)(C[C@]3(O)C(=O)OC)[C@H]45)C3=Nc4ccccc4[C@@]34CCN(C1)[C@@H]24. The maximum atomic E-state index is 15.2. The molecule has 6 aliphatic heterocycles. The van der Waals surface area contributed by atoms with Gasteiger partial charge in [-0.2, -0.15) is 0 Å². The number of anilines is 1. The predicted molar refractivity (Wildman–Crippen MR) is 207 cm³/mol. The van der Waals surface area contributed by atoms with Gasteiger partial charge in [-0.25, -0.2) is 4.79 Å². The van der Waals surface area contributed by atoms with Gasteiger partial charge in [0, 0.05) is 60.4 Å². The third kappa shape index (κ3) is 3.99. The van der Waals surface area contributed by atoms with Crippen LogP contribution in [0.25, 0.3) is 0 Å². The van der Waals surface area contributed by atoms with Crippen molar-refractivity contribution in [3.8, 4) is 5.75 Å². The highest BCUT2D eigenvalue weighted by Gasteiger charge is 2.76. The van der Waals surface area contributed by atoms with Crippen molar-refractivity contribution in [2.75, 3.05) is 59.5 Å². The fourth-order valence-electron chi connectivity index (χ4n) is 14.5. The first-order chi connectivity index (χ1) is 26.4. The van der Waals surface area contributed by atoms with Crippen LogP contribution in [0.2, 0.25) is 0 Å². The van der Waals surface area contributed by atoms with E-state index in [0.717, 1.165) is 67.1 Å². The van der Waals surface area contributed by atoms with Crippen molar-refractivity contribution < 1.29 is 34.0 Å². The van der Waals surface area contributed by atoms with E-state index in [9.17, 15) is 15.0 Å². The number of ether oxygens (including phenoxy) is 3. The second-order valence-electron chi connectivity index (χ2n) is 18.1. The smallest absolute Gasteiger partial charge is 0.340 e. The second-order valence-corrected chi connectivity index (χ2v) is 18.1. The maximum absolute atomic E-state index is 15.2. The maximum Gasteiger partial charge on any atom is 0.340 e. The molecule has 2 saturated carbocycles. The molecule has 6 heterocycles. The average molecular weight is 751 g/mol. The Morgan fingerprint density at radius 1 is 0.909 bits per heavy atom. The van der Waals surface area contributed by atoms with Crippen molar-refractivity contribution in [3.63, 3.8) is 0 Å². The summed E-state index contributed by atoms with van der Waals surface area (Å²) in [5, 5.41) is 24.9. The molecule has 10 rings (SSSR count). The first-order valence-corrected chi connectivity index (χ1v) is 20.3. The topological polar surface area (TPSA) is 124 Å². The number of nitrogens with zero attached hydrogens (tertiary/aromatic N) is 4. The fourth-order valence-corrected chi connectivity index (χ4v) is 14.5. The van der Waals surface area contributed by atoms with Crippen molar-refractivity contribution in [1.82, 2.24) is 9.80 Å². The van der Waals surface area contributed by atoms with Gasteiger partial charge < -0.3 is 29.3 Å². The van der Waals surface area contributed by atoms with Gasteiger partial charge in [-0.1, -0.05) is 44.2 Å². The number of fused-ring (bicyclic) bond motifs is 2. The molecule has 292 valence electrons. The number of benzene rings is 2. The summed E-state index contributed by atoms with van der Waals surface area (Å²) in [4.78, 5) is 41.8. The normalized spacial score (nSPS) is 41.7. The molecule has 10 atom stereocenters. The molecule has 2 aliphatic carbocycles. The zero-order valence-corrected chi connectivity index (χ0v) is 32.9. The molecule has 0 bridgehead atoms. The van der Waals surface area contributed by atoms with Crippen molar-refractivity contribution in [3.05, 3.63) is 65.2 Å². The Morgan fingerprint density at radius 2 is 1.67 bits per heavy atom. The minimum Gasteiger partial charge on any atom is -0.496 e. The third-order valence-electron chi connectivity index (χ3n) is 16.3. The number of likely N-dealkylation sites (N-methyl/N-ethyl adjacent to an activating group) is 1. The number of rotatable bonds is 6. The average Bonchev–Trinajstić information content (AvgIpc) is 3.94. The van der Waals surface area contributed by atoms with Gasteiger partial charge in [0.15, 0.2) is 5.60 Å². The fraction of sp³-hybridized carbons (Fsp3) is 0.614. The van der Waals surface area contributed by atoms with E-state index in [0.29, 0.717) is 37.1 Å². The lowest BCUT2D eigenvalue weighted by molar-refractivity contribution is -0.181. The Labute approximate surface area is 323 Å². The van der Waals surface area contributed by atoms with Gasteiger partial charge in [0.05, 0.1) is 49.8 Å². The van der Waals surface area contributed by atoms with E-state index in [1.54, 1.807) is 7.11 Å². The van der Waals surface area contributed by atoms with Gasteiger partial charge in [-0.05, 0) is 87.2 Å². The molecule has 11 nitrogen and oxygen atoms in total. The predicted octanol–water partition coefficient (Wildman–Crippen LogP) is 4.17. The summed E-state index contributed by atoms with van der Waals surface area (Å²) >= 11 is 0. The number of carbonyl (C=O) groups is 2. The monoisotopic (exact) mass is 750 g/mol. The molecule has 5 fully saturated rings. The zero-order valence-electron chi connectivity index (χ0n) is 32.9. The molecule has 55 heavy (non-hydrogen) atoms. The zero-order chi connectivity index (χ0) is 38.5. The number of methoxy groups -OCH3 is 3. The molecule has 3 saturated heterocycles. The molecule has 0 amide bonds. The molecule has 8 aliphatic rings. The molecule has 0 aromatic heterocycles. The van der Waals surface area contributed by atoms with E-state index < -0.39 is 44.9 Å². The van der Waals surface area contributed by atoms with Gasteiger partial charge in [-0.15, -0.1) is 0 Å². The van der Waals surface area contributed by atoms with Crippen LogP contribution in [0.5, 0.6) is 5.75 Å². The number of hydrogen-bond donors (Lipinski definition) is 2. The molecule has 0 radical (unpaired) electrons. The molecule has 2 spiro atoms. The van der Waals surface area contributed by atoms with Crippen molar-refractivity contribution >= 4 is 29.0 Å². The Bertz CT molecular complexity index is 2090. The first kappa shape index (κ1) is 35.6. The van der Waals surface area contributed by atoms with Crippen molar-refractivity contribution in [2.45, 2.75) is 104 Å². The van der Waals surface area contributed by atoms with Crippen LogP contribution in [0.15, 0.2) is 53.5 Å². The summed E-state index contributed by atoms with van der Waals surface area (Å²) in [6.07, 6.45) is 8.53. The Morgan fingerprint density at radius 3 is 2.40 bits per heavy atom. The highest BCUT2D eigenvalue weighted by atomic mass is 16.5. The number of para-hydroxylation sites is 1. The van der Waals surface area contributed by atoms with Gasteiger partial charge in [0.1, 0.15) is 11.2 Å². The first-order valence-electron chi connectivity index (χ1n) is 20.3. The standard InChI is InChI=1S/C44H54N4O7/c1-7-39-14-11-17-47-18-16-42(35(39)47)28-20-29(32(53-4)21-31(28)46(3)36(42)44(52,24-39)38(50)55-6)43(37(49)54-5)23-26-22-40(51,8-2)25-48-19-15-41(33(26)48)27-12-9-10-13-30(27)45-34(41)43/h9-14,20-21,26,33,35-36,51-52H,7-8,15-19,22-25H2,1-6H3/t26-,33-,35-,36+,39-,40-,41+,42+,43-,44+/m0/s1. The molecule has 2 aromatic rings. The van der Waals surface area contributed by atoms with E-state index in [-0.39, 0.29) is 30.4 Å². The Hall–Kier alpha value is -3.77. The van der Waals surface area contributed by atoms with E-state index in [1.807, 2.05) is 19.2 Å². The second kappa shape index (κ2) is 11.4. The number of aliphatic imine (C=N–C) groups is 1. The van der Waals surface area contributed by atoms with E-state index in [2.05, 4.69) is 65.0 Å². The molecular formula is C44H54N4O7. The molecule has 0 unspecified atom stereocenters. The van der Waals surface area contributed by atoms with Gasteiger partial charge in [0.25, 0.3) is 0 Å². The largest absolute Gasteiger partial charge is 0.496 e. The molecule has 2 N–H and O–H groups in total. The van der Waals surface area contributed by atoms with E-state index in [1.165, 1.54) is 14.2 Å². The van der Waals surface area contributed by atoms with Crippen molar-refractivity contribution in [1.29, 1.82) is 0 Å². The van der Waals surface area contributed by atoms with Crippen LogP contribution < -0.4 is 9.64 Å². The lowest BCUT2D eigenvalue weighted by Gasteiger charge is -2.61. The van der Waals surface area contributed by atoms with Crippen LogP contribution in [0.1, 0.15) is 75.5 Å². The van der Waals surface area contributed by atoms with Crippen LogP contribution in [-0.2, 0) is 35.3 Å². The summed E-state index contributed by atoms with van der Waals surface area (Å²) in [5.74, 6) is -0.514. The van der Waals surface area contributed by atoms with E-state index in [4.69, 9.17) is 19.2 Å². The highest BCUT2D eigenvalue weighted by Crippen LogP contribution is 2.69. The molecule has 2 aromatic carbocycles. The Kier molecular flexibility index (Phi) is 7.40. The number of esters is 2. The lowest BCUT2D eigenvalue weighted by Crippen LogP contribution is -2.74. The summed E-state index contributed by atoms with van der Waals surface area (Å²) in [6, 6.07) is 12.0. The van der Waals surface area contributed by atoms with Crippen LogP contribution in [0, 0.1) is 11.3 Å². The van der Waals surface area contributed by atoms with Gasteiger partial charge >= 0.3 is 11.9 Å². The van der Waals surface area contributed by atoms with Crippen LogP contribution in [-0.4, -0.2) is 122 Å². The molecular weight excluding hydrogens is 697 g/mol. The molecule has 11 heteroatoms. The quantitative estimate of drug-likeness (QED) is 0.329. The number of aliphatic hydroxyl groups is 2.